The minimum absolute atomic E-state index is 0.250. The van der Waals surface area contributed by atoms with Gasteiger partial charge in [-0.15, -0.1) is 0 Å². The summed E-state index contributed by atoms with van der Waals surface area (Å²) in [5.41, 5.74) is 0. The monoisotopic (exact) mass is 512 g/mol. The second-order valence-corrected chi connectivity index (χ2v) is 7.41. The predicted octanol–water partition coefficient (Wildman–Crippen LogP) is 1.80. The van der Waals surface area contributed by atoms with Gasteiger partial charge in [-0.05, 0) is 6.42 Å². The maximum atomic E-state index is 10.2. The molecule has 35 heavy (non-hydrogen) atoms. The summed E-state index contributed by atoms with van der Waals surface area (Å²) in [4.78, 5) is 10.2. The number of ether oxygens (including phenoxy) is 9. The van der Waals surface area contributed by atoms with Gasteiger partial charge in [0.25, 0.3) is 0 Å². The van der Waals surface area contributed by atoms with Crippen LogP contribution >= 0.6 is 0 Å². The van der Waals surface area contributed by atoms with E-state index in [4.69, 9.17) is 47.7 Å². The zero-order valence-electron chi connectivity index (χ0n) is 21.6. The smallest absolute Gasteiger partial charge is 0.329 e. The van der Waals surface area contributed by atoms with Gasteiger partial charge < -0.3 is 47.7 Å². The van der Waals surface area contributed by atoms with Crippen LogP contribution in [0.25, 0.3) is 0 Å². The lowest BCUT2D eigenvalue weighted by Crippen LogP contribution is -2.15. The van der Waals surface area contributed by atoms with Crippen LogP contribution in [-0.4, -0.2) is 130 Å². The number of carboxylic acids is 1. The van der Waals surface area contributed by atoms with Crippen LogP contribution in [0.2, 0.25) is 0 Å². The van der Waals surface area contributed by atoms with E-state index in [1.54, 1.807) is 0 Å². The molecule has 0 bridgehead atoms. The zero-order chi connectivity index (χ0) is 25.5. The maximum Gasteiger partial charge on any atom is 0.329 e. The third-order valence-corrected chi connectivity index (χ3v) is 4.34. The Balaban J connectivity index is 3.01. The van der Waals surface area contributed by atoms with E-state index in [1.807, 2.05) is 0 Å². The molecule has 0 fully saturated rings. The van der Waals surface area contributed by atoms with Crippen LogP contribution < -0.4 is 0 Å². The molecule has 0 spiro atoms. The topological polar surface area (TPSA) is 120 Å². The molecule has 11 heteroatoms. The molecule has 0 saturated heterocycles. The average Bonchev–Trinajstić information content (AvgIpc) is 2.85. The maximum absolute atomic E-state index is 10.2. The Bertz CT molecular complexity index is 413. The normalized spacial score (nSPS) is 11.3. The number of aliphatic carboxylic acids is 1. The molecule has 0 aromatic heterocycles. The van der Waals surface area contributed by atoms with Crippen molar-refractivity contribution in [1.82, 2.24) is 0 Å². The molecule has 0 aromatic rings. The molecule has 11 nitrogen and oxygen atoms in total. The molecule has 1 N–H and O–H groups in total. The van der Waals surface area contributed by atoms with E-state index < -0.39 is 5.97 Å². The van der Waals surface area contributed by atoms with E-state index in [0.717, 1.165) is 13.0 Å². The number of unbranched alkanes of at least 4 members (excludes halogenated alkanes) is 3. The second kappa shape index (κ2) is 31.1. The third kappa shape index (κ3) is 33.1. The van der Waals surface area contributed by atoms with E-state index in [1.165, 1.54) is 19.3 Å². The van der Waals surface area contributed by atoms with E-state index >= 15 is 0 Å². The lowest BCUT2D eigenvalue weighted by molar-refractivity contribution is -0.142. The first-order chi connectivity index (χ1) is 17.3. The Morgan fingerprint density at radius 1 is 0.429 bits per heavy atom. The van der Waals surface area contributed by atoms with Crippen LogP contribution in [0.5, 0.6) is 0 Å². The molecule has 0 rings (SSSR count). The summed E-state index contributed by atoms with van der Waals surface area (Å²) in [6.45, 7) is 10.5. The molecule has 0 heterocycles. The summed E-state index contributed by atoms with van der Waals surface area (Å²) >= 11 is 0. The molecular weight excluding hydrogens is 464 g/mol. The van der Waals surface area contributed by atoms with Crippen LogP contribution in [0.4, 0.5) is 0 Å². The fourth-order valence-electron chi connectivity index (χ4n) is 2.55. The highest BCUT2D eigenvalue weighted by Crippen LogP contribution is 1.98. The average molecular weight is 513 g/mol. The predicted molar refractivity (Wildman–Crippen MR) is 129 cm³/mol. The number of hydrogen-bond acceptors (Lipinski definition) is 10. The van der Waals surface area contributed by atoms with Gasteiger partial charge in [0.1, 0.15) is 6.61 Å². The third-order valence-electron chi connectivity index (χ3n) is 4.34. The van der Waals surface area contributed by atoms with Gasteiger partial charge in [0.2, 0.25) is 0 Å². The first-order valence-electron chi connectivity index (χ1n) is 12.7. The minimum Gasteiger partial charge on any atom is -0.480 e. The van der Waals surface area contributed by atoms with Crippen molar-refractivity contribution in [2.75, 3.05) is 119 Å². The Labute approximate surface area is 210 Å². The fourth-order valence-corrected chi connectivity index (χ4v) is 2.55. The Hall–Kier alpha value is -0.890. The molecule has 0 amide bonds. The van der Waals surface area contributed by atoms with Gasteiger partial charge in [-0.1, -0.05) is 26.2 Å². The van der Waals surface area contributed by atoms with Crippen molar-refractivity contribution in [3.63, 3.8) is 0 Å². The SMILES string of the molecule is CCCCCCOCCOCCOCCOCCOCCOCCOCCOCCOCC(=O)O. The highest BCUT2D eigenvalue weighted by Gasteiger charge is 1.97. The Morgan fingerprint density at radius 2 is 0.714 bits per heavy atom. The summed E-state index contributed by atoms with van der Waals surface area (Å²) in [6.07, 6.45) is 4.88. The van der Waals surface area contributed by atoms with E-state index in [-0.39, 0.29) is 13.2 Å². The number of carboxylic acid groups (broad SMARTS) is 1. The van der Waals surface area contributed by atoms with Crippen LogP contribution in [0.3, 0.4) is 0 Å². The lowest BCUT2D eigenvalue weighted by atomic mass is 10.2. The van der Waals surface area contributed by atoms with Gasteiger partial charge in [0.15, 0.2) is 0 Å². The van der Waals surface area contributed by atoms with Crippen LogP contribution in [0, 0.1) is 0 Å². The van der Waals surface area contributed by atoms with E-state index in [2.05, 4.69) is 6.92 Å². The van der Waals surface area contributed by atoms with Gasteiger partial charge >= 0.3 is 5.97 Å². The first kappa shape index (κ1) is 34.1. The van der Waals surface area contributed by atoms with Crippen molar-refractivity contribution >= 4 is 5.97 Å². The molecule has 0 unspecified atom stereocenters. The molecule has 0 radical (unpaired) electrons. The van der Waals surface area contributed by atoms with E-state index in [0.29, 0.717) is 99.1 Å². The van der Waals surface area contributed by atoms with Crippen molar-refractivity contribution < 1.29 is 52.5 Å². The molecular formula is C24H48O11. The molecule has 0 aliphatic heterocycles. The van der Waals surface area contributed by atoms with Crippen molar-refractivity contribution in [3.8, 4) is 0 Å². The van der Waals surface area contributed by atoms with Crippen LogP contribution in [0.1, 0.15) is 32.6 Å². The van der Waals surface area contributed by atoms with Crippen LogP contribution in [-0.2, 0) is 47.4 Å². The van der Waals surface area contributed by atoms with Gasteiger partial charge in [-0.3, -0.25) is 0 Å². The summed E-state index contributed by atoms with van der Waals surface area (Å²) in [5.74, 6) is -0.990. The quantitative estimate of drug-likeness (QED) is 0.137. The van der Waals surface area contributed by atoms with E-state index in [9.17, 15) is 4.79 Å². The highest BCUT2D eigenvalue weighted by atomic mass is 16.6. The molecule has 0 saturated carbocycles. The molecule has 0 aromatic carbocycles. The van der Waals surface area contributed by atoms with Gasteiger partial charge in [0, 0.05) is 6.61 Å². The zero-order valence-corrected chi connectivity index (χ0v) is 21.6. The minimum atomic E-state index is -0.990. The lowest BCUT2D eigenvalue weighted by Gasteiger charge is -2.08. The second-order valence-electron chi connectivity index (χ2n) is 7.41. The fraction of sp³-hybridized carbons (Fsp3) is 0.958. The van der Waals surface area contributed by atoms with Crippen LogP contribution in [0.15, 0.2) is 0 Å². The highest BCUT2D eigenvalue weighted by molar-refractivity contribution is 5.67. The summed E-state index contributed by atoms with van der Waals surface area (Å²) < 4.78 is 48.1. The van der Waals surface area contributed by atoms with Crippen molar-refractivity contribution in [1.29, 1.82) is 0 Å². The number of rotatable bonds is 31. The van der Waals surface area contributed by atoms with Gasteiger partial charge in [-0.2, -0.15) is 0 Å². The number of carbonyl (C=O) groups is 1. The van der Waals surface area contributed by atoms with Crippen molar-refractivity contribution in [2.45, 2.75) is 32.6 Å². The Kier molecular flexibility index (Phi) is 30.3. The summed E-state index contributed by atoms with van der Waals surface area (Å²) in [6, 6.07) is 0. The number of hydrogen-bond donors (Lipinski definition) is 1. The standard InChI is InChI=1S/C24H48O11/c1-2-3-4-5-6-27-7-8-28-9-10-29-11-12-30-13-14-31-15-16-32-17-18-33-19-20-34-21-22-35-23-24(25)26/h2-23H2,1H3,(H,25,26). The van der Waals surface area contributed by atoms with Gasteiger partial charge in [-0.25, -0.2) is 4.79 Å². The first-order valence-corrected chi connectivity index (χ1v) is 12.7. The summed E-state index contributed by atoms with van der Waals surface area (Å²) in [7, 11) is 0. The van der Waals surface area contributed by atoms with Crippen molar-refractivity contribution in [3.05, 3.63) is 0 Å². The molecule has 0 atom stereocenters. The molecule has 0 aliphatic carbocycles. The van der Waals surface area contributed by atoms with Gasteiger partial charge in [0.05, 0.1) is 106 Å². The molecule has 210 valence electrons. The largest absolute Gasteiger partial charge is 0.480 e. The molecule has 0 aliphatic rings. The Morgan fingerprint density at radius 3 is 1.00 bits per heavy atom. The summed E-state index contributed by atoms with van der Waals surface area (Å²) in [5, 5.41) is 8.40. The van der Waals surface area contributed by atoms with Crippen molar-refractivity contribution in [2.24, 2.45) is 0 Å².